The Morgan fingerprint density at radius 2 is 2.16 bits per heavy atom. The number of carboxylic acid groups (broad SMARTS) is 1. The lowest BCUT2D eigenvalue weighted by Crippen LogP contribution is -2.54. The van der Waals surface area contributed by atoms with Crippen molar-refractivity contribution in [3.8, 4) is 0 Å². The molecular weight excluding hydrogens is 250 g/mol. The molecule has 1 heterocycles. The number of hydrogen-bond donors (Lipinski definition) is 3. The van der Waals surface area contributed by atoms with Crippen molar-refractivity contribution in [2.24, 2.45) is 0 Å². The van der Waals surface area contributed by atoms with E-state index < -0.39 is 17.5 Å². The van der Waals surface area contributed by atoms with Crippen LogP contribution in [0.25, 0.3) is 0 Å². The normalized spacial score (nSPS) is 13.6. The molecule has 0 spiro atoms. The summed E-state index contributed by atoms with van der Waals surface area (Å²) in [6.07, 6.45) is 1.86. The maximum Gasteiger partial charge on any atom is 0.329 e. The van der Waals surface area contributed by atoms with E-state index in [-0.39, 0.29) is 6.54 Å². The average molecular weight is 269 g/mol. The fourth-order valence-electron chi connectivity index (χ4n) is 1.43. The first-order valence-electron chi connectivity index (χ1n) is 6.09. The zero-order valence-corrected chi connectivity index (χ0v) is 11.3. The minimum absolute atomic E-state index is 0.194. The van der Waals surface area contributed by atoms with Gasteiger partial charge in [0.15, 0.2) is 5.82 Å². The van der Waals surface area contributed by atoms with Crippen LogP contribution in [0.2, 0.25) is 0 Å². The van der Waals surface area contributed by atoms with Gasteiger partial charge in [-0.15, -0.1) is 10.2 Å². The SMILES string of the molecule is CCn1cnnc1CNC(=O)NC(C)(CC)C(=O)O. The highest BCUT2D eigenvalue weighted by molar-refractivity contribution is 5.85. The molecule has 2 amide bonds. The third-order valence-electron chi connectivity index (χ3n) is 3.01. The second kappa shape index (κ2) is 6.17. The summed E-state index contributed by atoms with van der Waals surface area (Å²) >= 11 is 0. The molecule has 0 radical (unpaired) electrons. The minimum Gasteiger partial charge on any atom is -0.480 e. The molecule has 3 N–H and O–H groups in total. The summed E-state index contributed by atoms with van der Waals surface area (Å²) in [5.74, 6) is -0.451. The molecule has 0 aliphatic carbocycles. The van der Waals surface area contributed by atoms with E-state index in [1.165, 1.54) is 6.92 Å². The van der Waals surface area contributed by atoms with Crippen molar-refractivity contribution in [1.29, 1.82) is 0 Å². The van der Waals surface area contributed by atoms with Crippen LogP contribution in [0, 0.1) is 0 Å². The average Bonchev–Trinajstić information content (AvgIpc) is 2.83. The van der Waals surface area contributed by atoms with E-state index in [0.29, 0.717) is 18.8 Å². The number of rotatable bonds is 6. The third kappa shape index (κ3) is 3.67. The zero-order valence-electron chi connectivity index (χ0n) is 11.3. The van der Waals surface area contributed by atoms with E-state index in [9.17, 15) is 9.59 Å². The number of urea groups is 1. The molecule has 0 bridgehead atoms. The number of carbonyl (C=O) groups is 2. The highest BCUT2D eigenvalue weighted by atomic mass is 16.4. The topological polar surface area (TPSA) is 109 Å². The van der Waals surface area contributed by atoms with Crippen molar-refractivity contribution in [3.63, 3.8) is 0 Å². The Balaban J connectivity index is 2.55. The molecule has 0 aliphatic rings. The standard InChI is InChI=1S/C11H19N5O3/c1-4-11(3,9(17)18)14-10(19)12-6-8-15-13-7-16(8)5-2/h7H,4-6H2,1-3H3,(H,17,18)(H2,12,14,19). The number of amides is 2. The van der Waals surface area contributed by atoms with Crippen molar-refractivity contribution in [2.45, 2.75) is 45.8 Å². The highest BCUT2D eigenvalue weighted by Crippen LogP contribution is 2.08. The molecule has 0 saturated carbocycles. The maximum absolute atomic E-state index is 11.7. The van der Waals surface area contributed by atoms with Gasteiger partial charge in [0.2, 0.25) is 0 Å². The van der Waals surface area contributed by atoms with Crippen molar-refractivity contribution in [2.75, 3.05) is 0 Å². The Kier molecular flexibility index (Phi) is 4.85. The Bertz CT molecular complexity index is 459. The second-order valence-corrected chi connectivity index (χ2v) is 4.33. The Labute approximate surface area is 111 Å². The largest absolute Gasteiger partial charge is 0.480 e. The number of nitrogens with zero attached hydrogens (tertiary/aromatic N) is 3. The van der Waals surface area contributed by atoms with Crippen LogP contribution in [0.15, 0.2) is 6.33 Å². The summed E-state index contributed by atoms with van der Waals surface area (Å²) in [4.78, 5) is 22.7. The summed E-state index contributed by atoms with van der Waals surface area (Å²) in [5, 5.41) is 21.7. The number of aromatic nitrogens is 3. The van der Waals surface area contributed by atoms with Crippen LogP contribution in [0.3, 0.4) is 0 Å². The Morgan fingerprint density at radius 3 is 2.68 bits per heavy atom. The van der Waals surface area contributed by atoms with Crippen LogP contribution in [0.1, 0.15) is 33.0 Å². The van der Waals surface area contributed by atoms with Gasteiger partial charge in [-0.3, -0.25) is 0 Å². The summed E-state index contributed by atoms with van der Waals surface area (Å²) in [5.41, 5.74) is -1.28. The molecule has 1 atom stereocenters. The van der Waals surface area contributed by atoms with Gasteiger partial charge in [0, 0.05) is 6.54 Å². The lowest BCUT2D eigenvalue weighted by molar-refractivity contribution is -0.143. The predicted molar refractivity (Wildman–Crippen MR) is 67.4 cm³/mol. The van der Waals surface area contributed by atoms with Gasteiger partial charge in [-0.1, -0.05) is 6.92 Å². The monoisotopic (exact) mass is 269 g/mol. The molecule has 8 nitrogen and oxygen atoms in total. The number of carbonyl (C=O) groups excluding carboxylic acids is 1. The van der Waals surface area contributed by atoms with Crippen LogP contribution >= 0.6 is 0 Å². The quantitative estimate of drug-likeness (QED) is 0.690. The molecule has 1 aromatic rings. The molecule has 106 valence electrons. The van der Waals surface area contributed by atoms with E-state index in [4.69, 9.17) is 5.11 Å². The molecule has 1 aromatic heterocycles. The van der Waals surface area contributed by atoms with E-state index in [1.54, 1.807) is 17.8 Å². The first-order chi connectivity index (χ1) is 8.92. The fourth-order valence-corrected chi connectivity index (χ4v) is 1.43. The van der Waals surface area contributed by atoms with E-state index >= 15 is 0 Å². The van der Waals surface area contributed by atoms with Gasteiger partial charge in [-0.2, -0.15) is 0 Å². The first kappa shape index (κ1) is 14.9. The van der Waals surface area contributed by atoms with Crippen LogP contribution in [0.4, 0.5) is 4.79 Å². The summed E-state index contributed by atoms with van der Waals surface area (Å²) in [6, 6.07) is -0.544. The van der Waals surface area contributed by atoms with Gasteiger partial charge >= 0.3 is 12.0 Å². The van der Waals surface area contributed by atoms with Gasteiger partial charge in [-0.25, -0.2) is 9.59 Å². The number of aliphatic carboxylic acids is 1. The predicted octanol–water partition coefficient (Wildman–Crippen LogP) is 0.350. The van der Waals surface area contributed by atoms with Crippen LogP contribution in [-0.4, -0.2) is 37.4 Å². The summed E-state index contributed by atoms with van der Waals surface area (Å²) < 4.78 is 1.79. The van der Waals surface area contributed by atoms with E-state index in [1.807, 2.05) is 6.92 Å². The van der Waals surface area contributed by atoms with Crippen LogP contribution in [0.5, 0.6) is 0 Å². The number of aryl methyl sites for hydroxylation is 1. The molecule has 1 unspecified atom stereocenters. The molecule has 0 aromatic carbocycles. The number of hydrogen-bond acceptors (Lipinski definition) is 4. The molecule has 8 heteroatoms. The minimum atomic E-state index is -1.28. The van der Waals surface area contributed by atoms with Crippen molar-refractivity contribution in [1.82, 2.24) is 25.4 Å². The molecule has 0 saturated heterocycles. The van der Waals surface area contributed by atoms with Gasteiger partial charge < -0.3 is 20.3 Å². The van der Waals surface area contributed by atoms with Crippen molar-refractivity contribution in [3.05, 3.63) is 12.2 Å². The lowest BCUT2D eigenvalue weighted by Gasteiger charge is -2.24. The molecule has 0 aliphatic heterocycles. The lowest BCUT2D eigenvalue weighted by atomic mass is 10.00. The molecule has 1 rings (SSSR count). The number of carboxylic acids is 1. The molecule has 19 heavy (non-hydrogen) atoms. The fraction of sp³-hybridized carbons (Fsp3) is 0.636. The van der Waals surface area contributed by atoms with Crippen molar-refractivity contribution < 1.29 is 14.7 Å². The third-order valence-corrected chi connectivity index (χ3v) is 3.01. The van der Waals surface area contributed by atoms with Gasteiger partial charge in [0.25, 0.3) is 0 Å². The second-order valence-electron chi connectivity index (χ2n) is 4.33. The first-order valence-corrected chi connectivity index (χ1v) is 6.09. The highest BCUT2D eigenvalue weighted by Gasteiger charge is 2.32. The van der Waals surface area contributed by atoms with Crippen LogP contribution < -0.4 is 10.6 Å². The van der Waals surface area contributed by atoms with Gasteiger partial charge in [0.1, 0.15) is 11.9 Å². The summed E-state index contributed by atoms with van der Waals surface area (Å²) in [6.45, 7) is 5.99. The van der Waals surface area contributed by atoms with E-state index in [2.05, 4.69) is 20.8 Å². The molecule has 0 fully saturated rings. The zero-order chi connectivity index (χ0) is 14.5. The smallest absolute Gasteiger partial charge is 0.329 e. The van der Waals surface area contributed by atoms with Gasteiger partial charge in [0.05, 0.1) is 6.54 Å². The van der Waals surface area contributed by atoms with Crippen LogP contribution in [-0.2, 0) is 17.9 Å². The van der Waals surface area contributed by atoms with E-state index in [0.717, 1.165) is 0 Å². The maximum atomic E-state index is 11.7. The molecular formula is C11H19N5O3. The Morgan fingerprint density at radius 1 is 1.47 bits per heavy atom. The Hall–Kier alpha value is -2.12. The van der Waals surface area contributed by atoms with Gasteiger partial charge in [-0.05, 0) is 20.3 Å². The number of nitrogens with one attached hydrogen (secondary N) is 2. The summed E-state index contributed by atoms with van der Waals surface area (Å²) in [7, 11) is 0. The van der Waals surface area contributed by atoms with Crippen molar-refractivity contribution >= 4 is 12.0 Å².